The molecule has 1 aromatic rings. The van der Waals surface area contributed by atoms with Gasteiger partial charge in [-0.1, -0.05) is 17.7 Å². The SMILES string of the molecule is CCN(CCC(=O)OC)C(=O)Nc1cccc(Cl)c1. The molecule has 104 valence electrons. The molecule has 0 atom stereocenters. The van der Waals surface area contributed by atoms with Gasteiger partial charge in [0.1, 0.15) is 0 Å². The molecule has 0 fully saturated rings. The number of ether oxygens (including phenoxy) is 1. The standard InChI is InChI=1S/C13H17ClN2O3/c1-3-16(8-7-12(17)19-2)13(18)15-11-6-4-5-10(14)9-11/h4-6,9H,3,7-8H2,1-2H3,(H,15,18). The number of nitrogens with one attached hydrogen (secondary N) is 1. The molecule has 0 aliphatic carbocycles. The van der Waals surface area contributed by atoms with Crippen molar-refractivity contribution in [3.8, 4) is 0 Å². The number of halogens is 1. The number of methoxy groups -OCH3 is 1. The van der Waals surface area contributed by atoms with E-state index in [0.717, 1.165) is 0 Å². The number of urea groups is 1. The van der Waals surface area contributed by atoms with Gasteiger partial charge in [-0.15, -0.1) is 0 Å². The van der Waals surface area contributed by atoms with Crippen molar-refractivity contribution >= 4 is 29.3 Å². The number of amides is 2. The summed E-state index contributed by atoms with van der Waals surface area (Å²) in [6, 6.07) is 6.62. The van der Waals surface area contributed by atoms with E-state index in [-0.39, 0.29) is 18.4 Å². The molecule has 2 amide bonds. The minimum absolute atomic E-state index is 0.174. The molecule has 0 bridgehead atoms. The summed E-state index contributed by atoms with van der Waals surface area (Å²) in [6.45, 7) is 2.66. The lowest BCUT2D eigenvalue weighted by atomic mass is 10.3. The van der Waals surface area contributed by atoms with Crippen LogP contribution in [0.5, 0.6) is 0 Å². The van der Waals surface area contributed by atoms with Gasteiger partial charge in [-0.25, -0.2) is 4.79 Å². The second-order valence-electron chi connectivity index (χ2n) is 3.85. The fraction of sp³-hybridized carbons (Fsp3) is 0.385. The molecule has 0 aliphatic heterocycles. The van der Waals surface area contributed by atoms with Crippen molar-refractivity contribution in [2.45, 2.75) is 13.3 Å². The van der Waals surface area contributed by atoms with Gasteiger partial charge < -0.3 is 15.0 Å². The zero-order valence-electron chi connectivity index (χ0n) is 11.0. The summed E-state index contributed by atoms with van der Waals surface area (Å²) in [7, 11) is 1.32. The normalized spacial score (nSPS) is 9.84. The van der Waals surface area contributed by atoms with E-state index in [1.54, 1.807) is 24.3 Å². The number of esters is 1. The largest absolute Gasteiger partial charge is 0.469 e. The number of carbonyl (C=O) groups is 2. The van der Waals surface area contributed by atoms with Crippen molar-refractivity contribution in [3.63, 3.8) is 0 Å². The Morgan fingerprint density at radius 2 is 2.16 bits per heavy atom. The van der Waals surface area contributed by atoms with Crippen molar-refractivity contribution in [1.82, 2.24) is 4.90 Å². The third kappa shape index (κ3) is 5.18. The summed E-state index contributed by atoms with van der Waals surface area (Å²) in [5.41, 5.74) is 0.619. The number of benzene rings is 1. The van der Waals surface area contributed by atoms with Gasteiger partial charge in [0, 0.05) is 23.8 Å². The molecule has 1 rings (SSSR count). The summed E-state index contributed by atoms with van der Waals surface area (Å²) in [4.78, 5) is 24.6. The second kappa shape index (κ2) is 7.63. The molecule has 1 N–H and O–H groups in total. The molecule has 0 radical (unpaired) electrons. The van der Waals surface area contributed by atoms with Crippen LogP contribution in [0.25, 0.3) is 0 Å². The molecule has 0 saturated heterocycles. The topological polar surface area (TPSA) is 58.6 Å². The van der Waals surface area contributed by atoms with Crippen LogP contribution >= 0.6 is 11.6 Å². The van der Waals surface area contributed by atoms with Crippen molar-refractivity contribution in [3.05, 3.63) is 29.3 Å². The molecule has 0 unspecified atom stereocenters. The highest BCUT2D eigenvalue weighted by molar-refractivity contribution is 6.30. The first kappa shape index (κ1) is 15.3. The molecule has 6 heteroatoms. The highest BCUT2D eigenvalue weighted by Gasteiger charge is 2.13. The fourth-order valence-corrected chi connectivity index (χ4v) is 1.69. The van der Waals surface area contributed by atoms with Crippen LogP contribution in [-0.2, 0) is 9.53 Å². The van der Waals surface area contributed by atoms with E-state index in [1.165, 1.54) is 12.0 Å². The van der Waals surface area contributed by atoms with E-state index >= 15 is 0 Å². The zero-order chi connectivity index (χ0) is 14.3. The van der Waals surface area contributed by atoms with Crippen molar-refractivity contribution < 1.29 is 14.3 Å². The Kier molecular flexibility index (Phi) is 6.15. The predicted octanol–water partition coefficient (Wildman–Crippen LogP) is 2.76. The van der Waals surface area contributed by atoms with Gasteiger partial charge in [0.25, 0.3) is 0 Å². The predicted molar refractivity (Wildman–Crippen MR) is 74.4 cm³/mol. The quantitative estimate of drug-likeness (QED) is 0.846. The monoisotopic (exact) mass is 284 g/mol. The molecule has 1 aromatic carbocycles. The summed E-state index contributed by atoms with van der Waals surface area (Å²) >= 11 is 5.84. The highest BCUT2D eigenvalue weighted by atomic mass is 35.5. The van der Waals surface area contributed by atoms with Gasteiger partial charge in [-0.05, 0) is 25.1 Å². The number of hydrogen-bond donors (Lipinski definition) is 1. The molecule has 0 aliphatic rings. The maximum absolute atomic E-state index is 12.0. The van der Waals surface area contributed by atoms with E-state index < -0.39 is 0 Å². The lowest BCUT2D eigenvalue weighted by Crippen LogP contribution is -2.36. The van der Waals surface area contributed by atoms with Gasteiger partial charge in [-0.2, -0.15) is 0 Å². The van der Waals surface area contributed by atoms with Crippen LogP contribution in [0.15, 0.2) is 24.3 Å². The Labute approximate surface area is 117 Å². The van der Waals surface area contributed by atoms with E-state index in [9.17, 15) is 9.59 Å². The minimum atomic E-state index is -0.339. The Morgan fingerprint density at radius 1 is 1.42 bits per heavy atom. The van der Waals surface area contributed by atoms with Crippen LogP contribution < -0.4 is 5.32 Å². The molecule has 0 spiro atoms. The minimum Gasteiger partial charge on any atom is -0.469 e. The molecule has 0 heterocycles. The third-order valence-corrected chi connectivity index (χ3v) is 2.79. The molecule has 0 aromatic heterocycles. The number of nitrogens with zero attached hydrogens (tertiary/aromatic N) is 1. The molecular weight excluding hydrogens is 268 g/mol. The number of rotatable bonds is 5. The first-order valence-electron chi connectivity index (χ1n) is 5.95. The highest BCUT2D eigenvalue weighted by Crippen LogP contribution is 2.15. The Hall–Kier alpha value is -1.75. The molecule has 19 heavy (non-hydrogen) atoms. The Morgan fingerprint density at radius 3 is 2.74 bits per heavy atom. The van der Waals surface area contributed by atoms with Gasteiger partial charge in [0.15, 0.2) is 0 Å². The van der Waals surface area contributed by atoms with E-state index in [2.05, 4.69) is 10.1 Å². The van der Waals surface area contributed by atoms with Crippen LogP contribution in [0.1, 0.15) is 13.3 Å². The summed E-state index contributed by atoms with van der Waals surface area (Å²) in [5, 5.41) is 3.28. The summed E-state index contributed by atoms with van der Waals surface area (Å²) in [6.07, 6.45) is 0.174. The average Bonchev–Trinajstić information content (AvgIpc) is 2.39. The zero-order valence-corrected chi connectivity index (χ0v) is 11.7. The molecule has 0 saturated carbocycles. The van der Waals surface area contributed by atoms with Crippen molar-refractivity contribution in [2.24, 2.45) is 0 Å². The van der Waals surface area contributed by atoms with E-state index in [4.69, 9.17) is 11.6 Å². The number of hydrogen-bond acceptors (Lipinski definition) is 3. The molecule has 5 nitrogen and oxygen atoms in total. The van der Waals surface area contributed by atoms with Crippen LogP contribution in [0.4, 0.5) is 10.5 Å². The maximum Gasteiger partial charge on any atom is 0.321 e. The summed E-state index contributed by atoms with van der Waals surface area (Å²) < 4.78 is 4.54. The number of carbonyl (C=O) groups excluding carboxylic acids is 2. The molecular formula is C13H17ClN2O3. The maximum atomic E-state index is 12.0. The summed E-state index contributed by atoms with van der Waals surface area (Å²) in [5.74, 6) is -0.339. The lowest BCUT2D eigenvalue weighted by Gasteiger charge is -2.20. The van der Waals surface area contributed by atoms with E-state index in [1.807, 2.05) is 6.92 Å². The fourth-order valence-electron chi connectivity index (χ4n) is 1.50. The van der Waals surface area contributed by atoms with Crippen molar-refractivity contribution in [1.29, 1.82) is 0 Å². The van der Waals surface area contributed by atoms with Crippen LogP contribution in [0, 0.1) is 0 Å². The average molecular weight is 285 g/mol. The smallest absolute Gasteiger partial charge is 0.321 e. The number of anilines is 1. The second-order valence-corrected chi connectivity index (χ2v) is 4.28. The Balaban J connectivity index is 2.56. The Bertz CT molecular complexity index is 451. The van der Waals surface area contributed by atoms with Crippen LogP contribution in [-0.4, -0.2) is 37.1 Å². The van der Waals surface area contributed by atoms with Crippen LogP contribution in [0.3, 0.4) is 0 Å². The third-order valence-electron chi connectivity index (χ3n) is 2.56. The van der Waals surface area contributed by atoms with Gasteiger partial charge in [0.05, 0.1) is 13.5 Å². The first-order chi connectivity index (χ1) is 9.06. The van der Waals surface area contributed by atoms with Crippen molar-refractivity contribution in [2.75, 3.05) is 25.5 Å². The van der Waals surface area contributed by atoms with Gasteiger partial charge >= 0.3 is 12.0 Å². The first-order valence-corrected chi connectivity index (χ1v) is 6.33. The van der Waals surface area contributed by atoms with E-state index in [0.29, 0.717) is 23.8 Å². The lowest BCUT2D eigenvalue weighted by molar-refractivity contribution is -0.140. The van der Waals surface area contributed by atoms with Gasteiger partial charge in [0.2, 0.25) is 0 Å². The van der Waals surface area contributed by atoms with Gasteiger partial charge in [-0.3, -0.25) is 4.79 Å². The van der Waals surface area contributed by atoms with Crippen LogP contribution in [0.2, 0.25) is 5.02 Å².